The highest BCUT2D eigenvalue weighted by atomic mass is 19.2. The van der Waals surface area contributed by atoms with Crippen molar-refractivity contribution in [3.05, 3.63) is 35.4 Å². The van der Waals surface area contributed by atoms with Crippen LogP contribution in [0.15, 0.2) is 18.2 Å². The van der Waals surface area contributed by atoms with Gasteiger partial charge >= 0.3 is 0 Å². The molecule has 1 aliphatic heterocycles. The van der Waals surface area contributed by atoms with Gasteiger partial charge in [0.05, 0.1) is 0 Å². The predicted octanol–water partition coefficient (Wildman–Crippen LogP) is 2.54. The third kappa shape index (κ3) is 2.95. The maximum atomic E-state index is 13.3. The summed E-state index contributed by atoms with van der Waals surface area (Å²) in [5.74, 6) is -0.731. The summed E-state index contributed by atoms with van der Waals surface area (Å²) in [7, 11) is 0. The van der Waals surface area contributed by atoms with E-state index < -0.39 is 11.6 Å². The third-order valence-electron chi connectivity index (χ3n) is 4.19. The maximum Gasteiger partial charge on any atom is 0.159 e. The molecule has 3 rings (SSSR count). The van der Waals surface area contributed by atoms with Gasteiger partial charge in [0.15, 0.2) is 11.6 Å². The summed E-state index contributed by atoms with van der Waals surface area (Å²) in [6.07, 6.45) is 2.60. The van der Waals surface area contributed by atoms with E-state index in [1.165, 1.54) is 25.0 Å². The fourth-order valence-corrected chi connectivity index (χ4v) is 3.00. The first kappa shape index (κ1) is 13.0. The highest BCUT2D eigenvalue weighted by molar-refractivity contribution is 5.18. The fraction of sp³-hybridized carbons (Fsp3) is 0.600. The number of hydrogen-bond donors (Lipinski definition) is 1. The minimum Gasteiger partial charge on any atom is -0.311 e. The van der Waals surface area contributed by atoms with Crippen molar-refractivity contribution in [1.29, 1.82) is 0 Å². The molecular formula is C15H20F2N2. The zero-order chi connectivity index (χ0) is 13.4. The Morgan fingerprint density at radius 2 is 2.05 bits per heavy atom. The van der Waals surface area contributed by atoms with Gasteiger partial charge in [0.25, 0.3) is 0 Å². The van der Waals surface area contributed by atoms with Crippen LogP contribution in [0.5, 0.6) is 0 Å². The Hall–Kier alpha value is -1.00. The Labute approximate surface area is 112 Å². The molecular weight excluding hydrogens is 246 g/mol. The minimum atomic E-state index is -0.767. The van der Waals surface area contributed by atoms with Crippen molar-refractivity contribution in [2.24, 2.45) is 5.92 Å². The van der Waals surface area contributed by atoms with Crippen LogP contribution in [0.3, 0.4) is 0 Å². The molecule has 0 aromatic heterocycles. The van der Waals surface area contributed by atoms with Gasteiger partial charge in [0.2, 0.25) is 0 Å². The van der Waals surface area contributed by atoms with E-state index in [1.807, 2.05) is 0 Å². The molecule has 0 amide bonds. The normalized spacial score (nSPS) is 28.6. The van der Waals surface area contributed by atoms with Gasteiger partial charge in [-0.15, -0.1) is 0 Å². The Morgan fingerprint density at radius 1 is 1.26 bits per heavy atom. The lowest BCUT2D eigenvalue weighted by molar-refractivity contribution is 0.112. The van der Waals surface area contributed by atoms with Gasteiger partial charge in [0.1, 0.15) is 0 Å². The topological polar surface area (TPSA) is 15.3 Å². The van der Waals surface area contributed by atoms with Crippen molar-refractivity contribution >= 4 is 0 Å². The molecule has 2 fully saturated rings. The number of piperazine rings is 1. The van der Waals surface area contributed by atoms with E-state index in [9.17, 15) is 8.78 Å². The van der Waals surface area contributed by atoms with Gasteiger partial charge in [-0.25, -0.2) is 8.78 Å². The van der Waals surface area contributed by atoms with Crippen LogP contribution in [0.4, 0.5) is 8.78 Å². The lowest BCUT2D eigenvalue weighted by atomic mass is 10.0. The Kier molecular flexibility index (Phi) is 3.54. The van der Waals surface area contributed by atoms with Gasteiger partial charge in [-0.05, 0) is 43.4 Å². The molecule has 0 radical (unpaired) electrons. The highest BCUT2D eigenvalue weighted by Crippen LogP contribution is 2.36. The van der Waals surface area contributed by atoms with Crippen LogP contribution in [0.2, 0.25) is 0 Å². The quantitative estimate of drug-likeness (QED) is 0.904. The van der Waals surface area contributed by atoms with Crippen LogP contribution in [-0.4, -0.2) is 30.1 Å². The SMILES string of the molecule is CC1CN(Cc2ccc(F)c(F)c2)C(C2CC2)CN1. The number of rotatable bonds is 3. The van der Waals surface area contributed by atoms with Crippen LogP contribution < -0.4 is 5.32 Å². The first-order chi connectivity index (χ1) is 9.13. The minimum absolute atomic E-state index is 0.459. The van der Waals surface area contributed by atoms with E-state index in [0.717, 1.165) is 24.6 Å². The van der Waals surface area contributed by atoms with Crippen LogP contribution >= 0.6 is 0 Å². The average Bonchev–Trinajstić information content (AvgIpc) is 3.18. The molecule has 1 aromatic rings. The molecule has 1 heterocycles. The van der Waals surface area contributed by atoms with Crippen LogP contribution in [-0.2, 0) is 6.54 Å². The first-order valence-electron chi connectivity index (χ1n) is 7.05. The largest absolute Gasteiger partial charge is 0.311 e. The fourth-order valence-electron chi connectivity index (χ4n) is 3.00. The molecule has 2 nitrogen and oxygen atoms in total. The molecule has 0 spiro atoms. The molecule has 104 valence electrons. The van der Waals surface area contributed by atoms with Gasteiger partial charge in [0, 0.05) is 31.7 Å². The number of hydrogen-bond acceptors (Lipinski definition) is 2. The molecule has 1 saturated carbocycles. The van der Waals surface area contributed by atoms with Crippen LogP contribution in [0.1, 0.15) is 25.3 Å². The van der Waals surface area contributed by atoms with Gasteiger partial charge in [-0.1, -0.05) is 6.07 Å². The molecule has 2 atom stereocenters. The number of nitrogens with zero attached hydrogens (tertiary/aromatic N) is 1. The number of halogens is 2. The van der Waals surface area contributed by atoms with E-state index in [-0.39, 0.29) is 0 Å². The molecule has 1 aliphatic carbocycles. The summed E-state index contributed by atoms with van der Waals surface area (Å²) in [5, 5.41) is 3.51. The van der Waals surface area contributed by atoms with Crippen LogP contribution in [0.25, 0.3) is 0 Å². The highest BCUT2D eigenvalue weighted by Gasteiger charge is 2.37. The second kappa shape index (κ2) is 5.17. The number of benzene rings is 1. The molecule has 2 unspecified atom stereocenters. The summed E-state index contributed by atoms with van der Waals surface area (Å²) >= 11 is 0. The average molecular weight is 266 g/mol. The van der Waals surface area contributed by atoms with E-state index in [2.05, 4.69) is 17.1 Å². The Morgan fingerprint density at radius 3 is 2.74 bits per heavy atom. The predicted molar refractivity (Wildman–Crippen MR) is 70.7 cm³/mol. The molecule has 1 aromatic carbocycles. The first-order valence-corrected chi connectivity index (χ1v) is 7.05. The van der Waals surface area contributed by atoms with E-state index in [0.29, 0.717) is 18.6 Å². The molecule has 19 heavy (non-hydrogen) atoms. The summed E-state index contributed by atoms with van der Waals surface area (Å²) in [4.78, 5) is 2.42. The van der Waals surface area contributed by atoms with Gasteiger partial charge in [-0.3, -0.25) is 4.90 Å². The smallest absolute Gasteiger partial charge is 0.159 e. The van der Waals surface area contributed by atoms with Gasteiger partial charge < -0.3 is 5.32 Å². The van der Waals surface area contributed by atoms with Crippen molar-refractivity contribution in [3.63, 3.8) is 0 Å². The second-order valence-corrected chi connectivity index (χ2v) is 5.89. The van der Waals surface area contributed by atoms with Crippen molar-refractivity contribution in [2.45, 2.75) is 38.4 Å². The molecule has 0 bridgehead atoms. The molecule has 2 aliphatic rings. The lowest BCUT2D eigenvalue weighted by Gasteiger charge is -2.39. The molecule has 1 N–H and O–H groups in total. The van der Waals surface area contributed by atoms with E-state index in [4.69, 9.17) is 0 Å². The van der Waals surface area contributed by atoms with E-state index >= 15 is 0 Å². The molecule has 4 heteroatoms. The summed E-state index contributed by atoms with van der Waals surface area (Å²) in [6.45, 7) is 4.86. The summed E-state index contributed by atoms with van der Waals surface area (Å²) in [5.41, 5.74) is 0.860. The third-order valence-corrected chi connectivity index (χ3v) is 4.19. The zero-order valence-electron chi connectivity index (χ0n) is 11.2. The summed E-state index contributed by atoms with van der Waals surface area (Å²) < 4.78 is 26.2. The summed E-state index contributed by atoms with van der Waals surface area (Å²) in [6, 6.07) is 5.24. The van der Waals surface area contributed by atoms with Crippen molar-refractivity contribution in [3.8, 4) is 0 Å². The van der Waals surface area contributed by atoms with Crippen LogP contribution in [0, 0.1) is 17.6 Å². The van der Waals surface area contributed by atoms with E-state index in [1.54, 1.807) is 6.07 Å². The van der Waals surface area contributed by atoms with Crippen molar-refractivity contribution in [1.82, 2.24) is 10.2 Å². The van der Waals surface area contributed by atoms with Gasteiger partial charge in [-0.2, -0.15) is 0 Å². The zero-order valence-corrected chi connectivity index (χ0v) is 11.2. The monoisotopic (exact) mass is 266 g/mol. The molecule has 1 saturated heterocycles. The Bertz CT molecular complexity index is 459. The van der Waals surface area contributed by atoms with Crippen molar-refractivity contribution in [2.75, 3.05) is 13.1 Å². The Balaban J connectivity index is 1.73. The maximum absolute atomic E-state index is 13.3. The standard InChI is InChI=1S/C15H20F2N2/c1-10-8-19(15(7-18-10)12-3-4-12)9-11-2-5-13(16)14(17)6-11/h2,5-6,10,12,15,18H,3-4,7-9H2,1H3. The number of nitrogens with one attached hydrogen (secondary N) is 1. The second-order valence-electron chi connectivity index (χ2n) is 5.89. The lowest BCUT2D eigenvalue weighted by Crippen LogP contribution is -2.55. The van der Waals surface area contributed by atoms with Crippen molar-refractivity contribution < 1.29 is 8.78 Å².